The van der Waals surface area contributed by atoms with Gasteiger partial charge in [-0.25, -0.2) is 0 Å². The molecule has 26 heavy (non-hydrogen) atoms. The number of methoxy groups -OCH3 is 1. The van der Waals surface area contributed by atoms with E-state index in [2.05, 4.69) is 4.74 Å². The fourth-order valence-corrected chi connectivity index (χ4v) is 3.07. The number of carbonyl (C=O) groups is 1. The molecule has 7 heteroatoms. The van der Waals surface area contributed by atoms with E-state index in [1.54, 1.807) is 12.0 Å². The summed E-state index contributed by atoms with van der Waals surface area (Å²) < 4.78 is 45.5. The van der Waals surface area contributed by atoms with E-state index in [0.29, 0.717) is 18.7 Å². The minimum Gasteiger partial charge on any atom is -0.497 e. The highest BCUT2D eigenvalue weighted by molar-refractivity contribution is 5.94. The highest BCUT2D eigenvalue weighted by Crippen LogP contribution is 2.30. The minimum absolute atomic E-state index is 0.195. The molecule has 3 rings (SSSR count). The van der Waals surface area contributed by atoms with Gasteiger partial charge < -0.3 is 14.4 Å². The zero-order valence-electron chi connectivity index (χ0n) is 14.1. The molecular weight excluding hydrogens is 347 g/mol. The molecule has 4 nitrogen and oxygen atoms in total. The Bertz CT molecular complexity index is 757. The number of ether oxygens (including phenoxy) is 2. The van der Waals surface area contributed by atoms with E-state index in [0.717, 1.165) is 29.9 Å². The molecule has 2 aromatic rings. The lowest BCUT2D eigenvalue weighted by Crippen LogP contribution is -2.28. The van der Waals surface area contributed by atoms with Crippen LogP contribution in [0.1, 0.15) is 28.3 Å². The Hall–Kier alpha value is -2.70. The molecule has 1 heterocycles. The second-order valence-electron chi connectivity index (χ2n) is 6.08. The average molecular weight is 365 g/mol. The summed E-state index contributed by atoms with van der Waals surface area (Å²) in [6.07, 6.45) is -3.90. The Labute approximate surface area is 149 Å². The molecule has 0 saturated carbocycles. The second kappa shape index (κ2) is 7.27. The molecule has 1 amide bonds. The van der Waals surface area contributed by atoms with E-state index in [-0.39, 0.29) is 17.6 Å². The summed E-state index contributed by atoms with van der Waals surface area (Å²) in [5.74, 6) is 0.477. The first kappa shape index (κ1) is 18.1. The maximum absolute atomic E-state index is 12.6. The van der Waals surface area contributed by atoms with Gasteiger partial charge in [0.25, 0.3) is 5.91 Å². The third-order valence-electron chi connectivity index (χ3n) is 4.40. The molecule has 1 fully saturated rings. The van der Waals surface area contributed by atoms with Gasteiger partial charge in [-0.3, -0.25) is 4.79 Å². The summed E-state index contributed by atoms with van der Waals surface area (Å²) in [7, 11) is 1.61. The van der Waals surface area contributed by atoms with Gasteiger partial charge in [-0.1, -0.05) is 12.1 Å². The quantitative estimate of drug-likeness (QED) is 0.814. The monoisotopic (exact) mass is 365 g/mol. The van der Waals surface area contributed by atoms with Crippen LogP contribution in [0.3, 0.4) is 0 Å². The number of benzene rings is 2. The molecule has 0 spiro atoms. The molecular formula is C19H18F3NO3. The van der Waals surface area contributed by atoms with Crippen LogP contribution >= 0.6 is 0 Å². The number of carbonyl (C=O) groups excluding carboxylic acids is 1. The molecule has 1 saturated heterocycles. The summed E-state index contributed by atoms with van der Waals surface area (Å²) in [5.41, 5.74) is 1.48. The van der Waals surface area contributed by atoms with Crippen LogP contribution in [0.5, 0.6) is 11.5 Å². The van der Waals surface area contributed by atoms with Crippen LogP contribution < -0.4 is 9.47 Å². The Balaban J connectivity index is 1.63. The lowest BCUT2D eigenvalue weighted by molar-refractivity contribution is -0.274. The molecule has 0 aliphatic carbocycles. The van der Waals surface area contributed by atoms with Crippen LogP contribution in [0, 0.1) is 0 Å². The fourth-order valence-electron chi connectivity index (χ4n) is 3.07. The Morgan fingerprint density at radius 1 is 1.04 bits per heavy atom. The molecule has 0 N–H and O–H groups in total. The molecule has 1 unspecified atom stereocenters. The van der Waals surface area contributed by atoms with Crippen LogP contribution in [0.4, 0.5) is 13.2 Å². The SMILES string of the molecule is COc1ccc(C2CCN(C(=O)c3ccc(OC(F)(F)F)cc3)C2)cc1. The normalized spacial score (nSPS) is 17.2. The predicted molar refractivity (Wildman–Crippen MR) is 89.4 cm³/mol. The summed E-state index contributed by atoms with van der Waals surface area (Å²) in [6, 6.07) is 12.8. The van der Waals surface area contributed by atoms with Crippen LogP contribution in [-0.2, 0) is 0 Å². The molecule has 0 radical (unpaired) electrons. The molecule has 0 aromatic heterocycles. The van der Waals surface area contributed by atoms with Gasteiger partial charge in [-0.15, -0.1) is 13.2 Å². The first-order chi connectivity index (χ1) is 12.4. The van der Waals surface area contributed by atoms with E-state index in [1.807, 2.05) is 24.3 Å². The predicted octanol–water partition coefficient (Wildman–Crippen LogP) is 4.22. The van der Waals surface area contributed by atoms with Crippen molar-refractivity contribution in [2.45, 2.75) is 18.7 Å². The smallest absolute Gasteiger partial charge is 0.497 e. The van der Waals surface area contributed by atoms with E-state index in [4.69, 9.17) is 4.74 Å². The molecule has 0 bridgehead atoms. The third-order valence-corrected chi connectivity index (χ3v) is 4.40. The maximum Gasteiger partial charge on any atom is 0.573 e. The summed E-state index contributed by atoms with van der Waals surface area (Å²) in [5, 5.41) is 0. The number of amides is 1. The molecule has 138 valence electrons. The van der Waals surface area contributed by atoms with Crippen LogP contribution in [0.15, 0.2) is 48.5 Å². The highest BCUT2D eigenvalue weighted by atomic mass is 19.4. The first-order valence-corrected chi connectivity index (χ1v) is 8.15. The number of likely N-dealkylation sites (tertiary alicyclic amines) is 1. The lowest BCUT2D eigenvalue weighted by Gasteiger charge is -2.17. The van der Waals surface area contributed by atoms with Gasteiger partial charge in [0.05, 0.1) is 7.11 Å². The van der Waals surface area contributed by atoms with Crippen molar-refractivity contribution < 1.29 is 27.4 Å². The van der Waals surface area contributed by atoms with Gasteiger partial charge in [0.1, 0.15) is 11.5 Å². The maximum atomic E-state index is 12.6. The van der Waals surface area contributed by atoms with Gasteiger partial charge in [-0.2, -0.15) is 0 Å². The molecule has 2 aromatic carbocycles. The van der Waals surface area contributed by atoms with Gasteiger partial charge in [0.2, 0.25) is 0 Å². The number of hydrogen-bond donors (Lipinski definition) is 0. The number of alkyl halides is 3. The zero-order valence-corrected chi connectivity index (χ0v) is 14.1. The summed E-state index contributed by atoms with van der Waals surface area (Å²) in [4.78, 5) is 14.3. The van der Waals surface area contributed by atoms with Crippen molar-refractivity contribution in [1.82, 2.24) is 4.90 Å². The standard InChI is InChI=1S/C19H18F3NO3/c1-25-16-6-2-13(3-7-16)15-10-11-23(12-15)18(24)14-4-8-17(9-5-14)26-19(20,21)22/h2-9,15H,10-12H2,1H3. The van der Waals surface area contributed by atoms with E-state index < -0.39 is 6.36 Å². The fraction of sp³-hybridized carbons (Fsp3) is 0.316. The van der Waals surface area contributed by atoms with Crippen molar-refractivity contribution in [3.05, 3.63) is 59.7 Å². The van der Waals surface area contributed by atoms with Gasteiger partial charge in [-0.05, 0) is 48.4 Å². The molecule has 1 aliphatic rings. The zero-order chi connectivity index (χ0) is 18.7. The highest BCUT2D eigenvalue weighted by Gasteiger charge is 2.31. The van der Waals surface area contributed by atoms with Crippen molar-refractivity contribution in [3.63, 3.8) is 0 Å². The number of rotatable bonds is 4. The topological polar surface area (TPSA) is 38.8 Å². The van der Waals surface area contributed by atoms with E-state index >= 15 is 0 Å². The van der Waals surface area contributed by atoms with Gasteiger partial charge >= 0.3 is 6.36 Å². The third kappa shape index (κ3) is 4.28. The molecule has 1 atom stereocenters. The first-order valence-electron chi connectivity index (χ1n) is 8.15. The molecule has 1 aliphatic heterocycles. The second-order valence-corrected chi connectivity index (χ2v) is 6.08. The number of nitrogens with zero attached hydrogens (tertiary/aromatic N) is 1. The summed E-state index contributed by atoms with van der Waals surface area (Å²) in [6.45, 7) is 1.18. The number of halogens is 3. The lowest BCUT2D eigenvalue weighted by atomic mass is 9.98. The average Bonchev–Trinajstić information content (AvgIpc) is 3.10. The number of hydrogen-bond acceptors (Lipinski definition) is 3. The minimum atomic E-state index is -4.74. The van der Waals surface area contributed by atoms with Crippen molar-refractivity contribution in [1.29, 1.82) is 0 Å². The van der Waals surface area contributed by atoms with Crippen LogP contribution in [-0.4, -0.2) is 37.4 Å². The van der Waals surface area contributed by atoms with E-state index in [1.165, 1.54) is 12.1 Å². The van der Waals surface area contributed by atoms with Crippen molar-refractivity contribution in [2.24, 2.45) is 0 Å². The van der Waals surface area contributed by atoms with Gasteiger partial charge in [0, 0.05) is 24.6 Å². The van der Waals surface area contributed by atoms with Crippen molar-refractivity contribution >= 4 is 5.91 Å². The summed E-state index contributed by atoms with van der Waals surface area (Å²) >= 11 is 0. The van der Waals surface area contributed by atoms with E-state index in [9.17, 15) is 18.0 Å². The Kier molecular flexibility index (Phi) is 5.06. The Morgan fingerprint density at radius 3 is 2.23 bits per heavy atom. The van der Waals surface area contributed by atoms with Crippen LogP contribution in [0.25, 0.3) is 0 Å². The van der Waals surface area contributed by atoms with Crippen molar-refractivity contribution in [3.8, 4) is 11.5 Å². The van der Waals surface area contributed by atoms with Crippen molar-refractivity contribution in [2.75, 3.05) is 20.2 Å². The Morgan fingerprint density at radius 2 is 1.65 bits per heavy atom. The van der Waals surface area contributed by atoms with Crippen LogP contribution in [0.2, 0.25) is 0 Å². The van der Waals surface area contributed by atoms with Gasteiger partial charge in [0.15, 0.2) is 0 Å². The largest absolute Gasteiger partial charge is 0.573 e.